The number of amides is 1. The number of nitrogens with one attached hydrogen (secondary N) is 1. The van der Waals surface area contributed by atoms with Gasteiger partial charge in [0.1, 0.15) is 11.8 Å². The van der Waals surface area contributed by atoms with Crippen molar-refractivity contribution in [3.63, 3.8) is 0 Å². The minimum absolute atomic E-state index is 0.218. The first-order valence-corrected chi connectivity index (χ1v) is 5.16. The van der Waals surface area contributed by atoms with E-state index in [0.29, 0.717) is 11.3 Å². The predicted molar refractivity (Wildman–Crippen MR) is 60.2 cm³/mol. The van der Waals surface area contributed by atoms with E-state index < -0.39 is 6.04 Å². The summed E-state index contributed by atoms with van der Waals surface area (Å²) in [5, 5.41) is 11.9. The van der Waals surface area contributed by atoms with Crippen molar-refractivity contribution in [3.05, 3.63) is 54.2 Å². The van der Waals surface area contributed by atoms with E-state index >= 15 is 0 Å². The highest BCUT2D eigenvalue weighted by molar-refractivity contribution is 5.94. The molecule has 0 saturated carbocycles. The third kappa shape index (κ3) is 2.70. The largest absolute Gasteiger partial charge is 0.467 e. The Morgan fingerprint density at radius 3 is 2.76 bits per heavy atom. The lowest BCUT2D eigenvalue weighted by atomic mass is 10.2. The van der Waals surface area contributed by atoms with Gasteiger partial charge in [0.05, 0.1) is 12.9 Å². The number of carbonyl (C=O) groups is 1. The number of rotatable bonds is 4. The van der Waals surface area contributed by atoms with Crippen molar-refractivity contribution in [1.82, 2.24) is 10.3 Å². The summed E-state index contributed by atoms with van der Waals surface area (Å²) in [5.41, 5.74) is 0.491. The number of carbonyl (C=O) groups excluding carboxylic acids is 1. The van der Waals surface area contributed by atoms with Gasteiger partial charge in [-0.25, -0.2) is 0 Å². The van der Waals surface area contributed by atoms with E-state index in [4.69, 9.17) is 4.42 Å². The molecular formula is C12H12N2O3. The molecule has 0 aliphatic carbocycles. The molecule has 2 heterocycles. The highest BCUT2D eigenvalue weighted by Crippen LogP contribution is 2.13. The van der Waals surface area contributed by atoms with Crippen LogP contribution in [0, 0.1) is 0 Å². The fourth-order valence-corrected chi connectivity index (χ4v) is 1.44. The summed E-state index contributed by atoms with van der Waals surface area (Å²) in [4.78, 5) is 15.6. The fraction of sp³-hybridized carbons (Fsp3) is 0.167. The van der Waals surface area contributed by atoms with Gasteiger partial charge in [0.15, 0.2) is 0 Å². The standard InChI is InChI=1S/C12H12N2O3/c15-8-10(11-2-1-7-17-11)14-12(16)9-3-5-13-6-4-9/h1-7,10,15H,8H2,(H,14,16). The third-order valence-corrected chi connectivity index (χ3v) is 2.32. The van der Waals surface area contributed by atoms with Gasteiger partial charge in [-0.2, -0.15) is 0 Å². The van der Waals surface area contributed by atoms with Gasteiger partial charge in [0.2, 0.25) is 0 Å². The molecule has 17 heavy (non-hydrogen) atoms. The molecule has 0 radical (unpaired) electrons. The molecule has 0 bridgehead atoms. The molecule has 1 atom stereocenters. The molecule has 0 aliphatic rings. The summed E-state index contributed by atoms with van der Waals surface area (Å²) in [6.07, 6.45) is 4.57. The second-order valence-corrected chi connectivity index (χ2v) is 3.46. The van der Waals surface area contributed by atoms with Gasteiger partial charge in [-0.1, -0.05) is 0 Å². The topological polar surface area (TPSA) is 75.4 Å². The fourth-order valence-electron chi connectivity index (χ4n) is 1.44. The molecular weight excluding hydrogens is 220 g/mol. The molecule has 5 heteroatoms. The van der Waals surface area contributed by atoms with Crippen LogP contribution in [0.2, 0.25) is 0 Å². The molecule has 0 spiro atoms. The van der Waals surface area contributed by atoms with Crippen molar-refractivity contribution in [3.8, 4) is 0 Å². The van der Waals surface area contributed by atoms with Crippen LogP contribution in [0.5, 0.6) is 0 Å². The van der Waals surface area contributed by atoms with Crippen LogP contribution in [0.25, 0.3) is 0 Å². The monoisotopic (exact) mass is 232 g/mol. The van der Waals surface area contributed by atoms with Crippen molar-refractivity contribution < 1.29 is 14.3 Å². The van der Waals surface area contributed by atoms with E-state index in [1.54, 1.807) is 24.3 Å². The van der Waals surface area contributed by atoms with Crippen LogP contribution < -0.4 is 5.32 Å². The number of aliphatic hydroxyl groups is 1. The van der Waals surface area contributed by atoms with Crippen LogP contribution in [0.15, 0.2) is 47.3 Å². The van der Waals surface area contributed by atoms with Crippen LogP contribution in [0.3, 0.4) is 0 Å². The maximum absolute atomic E-state index is 11.8. The lowest BCUT2D eigenvalue weighted by Gasteiger charge is -2.13. The lowest BCUT2D eigenvalue weighted by molar-refractivity contribution is 0.0907. The molecule has 0 fully saturated rings. The maximum Gasteiger partial charge on any atom is 0.252 e. The normalized spacial score (nSPS) is 12.1. The summed E-state index contributed by atoms with van der Waals surface area (Å²) in [5.74, 6) is 0.248. The Morgan fingerprint density at radius 1 is 1.41 bits per heavy atom. The third-order valence-electron chi connectivity index (χ3n) is 2.32. The summed E-state index contributed by atoms with van der Waals surface area (Å²) < 4.78 is 5.14. The number of pyridine rings is 1. The molecule has 2 N–H and O–H groups in total. The van der Waals surface area contributed by atoms with Crippen molar-refractivity contribution in [2.75, 3.05) is 6.61 Å². The highest BCUT2D eigenvalue weighted by Gasteiger charge is 2.16. The molecule has 2 aromatic rings. The van der Waals surface area contributed by atoms with Crippen LogP contribution in [-0.2, 0) is 0 Å². The van der Waals surface area contributed by atoms with Gasteiger partial charge in [-0.15, -0.1) is 0 Å². The molecule has 1 unspecified atom stereocenters. The van der Waals surface area contributed by atoms with Gasteiger partial charge in [-0.05, 0) is 24.3 Å². The van der Waals surface area contributed by atoms with Crippen molar-refractivity contribution >= 4 is 5.91 Å². The van der Waals surface area contributed by atoms with Gasteiger partial charge < -0.3 is 14.8 Å². The zero-order valence-corrected chi connectivity index (χ0v) is 9.04. The Hall–Kier alpha value is -2.14. The molecule has 2 rings (SSSR count). The van der Waals surface area contributed by atoms with Gasteiger partial charge in [-0.3, -0.25) is 9.78 Å². The predicted octanol–water partition coefficient (Wildman–Crippen LogP) is 1.14. The molecule has 0 aromatic carbocycles. The minimum Gasteiger partial charge on any atom is -0.467 e. The molecule has 0 saturated heterocycles. The quantitative estimate of drug-likeness (QED) is 0.828. The number of nitrogens with zero attached hydrogens (tertiary/aromatic N) is 1. The van der Waals surface area contributed by atoms with E-state index in [9.17, 15) is 9.90 Å². The van der Waals surface area contributed by atoms with Crippen LogP contribution in [-0.4, -0.2) is 22.6 Å². The van der Waals surface area contributed by atoms with Gasteiger partial charge in [0.25, 0.3) is 5.91 Å². The summed E-state index contributed by atoms with van der Waals surface area (Å²) in [6.45, 7) is -0.218. The molecule has 88 valence electrons. The first kappa shape index (κ1) is 11.3. The number of hydrogen-bond donors (Lipinski definition) is 2. The number of aliphatic hydroxyl groups excluding tert-OH is 1. The van der Waals surface area contributed by atoms with E-state index in [0.717, 1.165) is 0 Å². The number of aromatic nitrogens is 1. The zero-order valence-electron chi connectivity index (χ0n) is 9.04. The average molecular weight is 232 g/mol. The van der Waals surface area contributed by atoms with Crippen molar-refractivity contribution in [2.45, 2.75) is 6.04 Å². The Morgan fingerprint density at radius 2 is 2.18 bits per heavy atom. The number of furan rings is 1. The van der Waals surface area contributed by atoms with Crippen molar-refractivity contribution in [2.24, 2.45) is 0 Å². The molecule has 2 aromatic heterocycles. The van der Waals surface area contributed by atoms with Gasteiger partial charge >= 0.3 is 0 Å². The lowest BCUT2D eigenvalue weighted by Crippen LogP contribution is -2.30. The minimum atomic E-state index is -0.536. The highest BCUT2D eigenvalue weighted by atomic mass is 16.3. The van der Waals surface area contributed by atoms with E-state index in [2.05, 4.69) is 10.3 Å². The van der Waals surface area contributed by atoms with E-state index in [-0.39, 0.29) is 12.5 Å². The summed E-state index contributed by atoms with van der Waals surface area (Å²) in [7, 11) is 0. The summed E-state index contributed by atoms with van der Waals surface area (Å²) in [6, 6.07) is 6.08. The van der Waals surface area contributed by atoms with E-state index in [1.807, 2.05) is 0 Å². The maximum atomic E-state index is 11.8. The first-order valence-electron chi connectivity index (χ1n) is 5.16. The van der Waals surface area contributed by atoms with E-state index in [1.165, 1.54) is 18.7 Å². The Kier molecular flexibility index (Phi) is 3.52. The Bertz CT molecular complexity index is 468. The Labute approximate surface area is 98.1 Å². The van der Waals surface area contributed by atoms with Crippen LogP contribution in [0.4, 0.5) is 0 Å². The first-order chi connectivity index (χ1) is 8.31. The van der Waals surface area contributed by atoms with Crippen molar-refractivity contribution in [1.29, 1.82) is 0 Å². The Balaban J connectivity index is 2.08. The summed E-state index contributed by atoms with van der Waals surface area (Å²) >= 11 is 0. The zero-order chi connectivity index (χ0) is 12.1. The number of hydrogen-bond acceptors (Lipinski definition) is 4. The van der Waals surface area contributed by atoms with Crippen LogP contribution >= 0.6 is 0 Å². The average Bonchev–Trinajstić information content (AvgIpc) is 2.90. The molecule has 1 amide bonds. The van der Waals surface area contributed by atoms with Gasteiger partial charge in [0, 0.05) is 18.0 Å². The molecule has 0 aliphatic heterocycles. The smallest absolute Gasteiger partial charge is 0.252 e. The SMILES string of the molecule is O=C(NC(CO)c1ccco1)c1ccncc1. The second kappa shape index (κ2) is 5.27. The van der Waals surface area contributed by atoms with Crippen LogP contribution in [0.1, 0.15) is 22.2 Å². The second-order valence-electron chi connectivity index (χ2n) is 3.46. The molecule has 5 nitrogen and oxygen atoms in total.